The molecule has 0 radical (unpaired) electrons. The maximum atomic E-state index is 12.5. The molecule has 3 rings (SSSR count). The van der Waals surface area contributed by atoms with Gasteiger partial charge in [0, 0.05) is 24.0 Å². The Morgan fingerprint density at radius 3 is 2.38 bits per heavy atom. The summed E-state index contributed by atoms with van der Waals surface area (Å²) in [5.41, 5.74) is 1.18. The van der Waals surface area contributed by atoms with E-state index >= 15 is 0 Å². The first-order valence-electron chi connectivity index (χ1n) is 8.66. The molecule has 0 spiro atoms. The molecule has 1 aromatic carbocycles. The van der Waals surface area contributed by atoms with Crippen molar-refractivity contribution in [3.63, 3.8) is 0 Å². The monoisotopic (exact) mass is 351 g/mol. The summed E-state index contributed by atoms with van der Waals surface area (Å²) in [4.78, 5) is 14.5. The maximum Gasteiger partial charge on any atom is 0.322 e. The highest BCUT2D eigenvalue weighted by atomic mass is 32.2. The van der Waals surface area contributed by atoms with Crippen LogP contribution in [0.5, 0.6) is 0 Å². The van der Waals surface area contributed by atoms with Crippen LogP contribution in [0.1, 0.15) is 39.0 Å². The number of nitrogens with zero attached hydrogens (tertiary/aromatic N) is 1. The number of carbonyl (C=O) groups excluding carboxylic acids is 1. The highest BCUT2D eigenvalue weighted by Crippen LogP contribution is 2.37. The van der Waals surface area contributed by atoms with Gasteiger partial charge in [-0.15, -0.1) is 0 Å². The molecule has 7 heteroatoms. The van der Waals surface area contributed by atoms with Gasteiger partial charge in [-0.3, -0.25) is 4.72 Å². The topological polar surface area (TPSA) is 78.5 Å². The fourth-order valence-corrected chi connectivity index (χ4v) is 4.07. The molecule has 0 aromatic heterocycles. The van der Waals surface area contributed by atoms with E-state index in [1.807, 2.05) is 4.90 Å². The van der Waals surface area contributed by atoms with E-state index in [0.29, 0.717) is 23.3 Å². The molecule has 1 heterocycles. The summed E-state index contributed by atoms with van der Waals surface area (Å²) in [6.07, 6.45) is 5.94. The lowest BCUT2D eigenvalue weighted by atomic mass is 9.79. The highest BCUT2D eigenvalue weighted by Gasteiger charge is 2.37. The zero-order valence-corrected chi connectivity index (χ0v) is 14.8. The summed E-state index contributed by atoms with van der Waals surface area (Å²) >= 11 is 0. The molecule has 2 amide bonds. The number of hydrogen-bond donors (Lipinski definition) is 2. The second-order valence-corrected chi connectivity index (χ2v) is 8.62. The van der Waals surface area contributed by atoms with Crippen molar-refractivity contribution in [1.29, 1.82) is 0 Å². The molecule has 0 bridgehead atoms. The van der Waals surface area contributed by atoms with Gasteiger partial charge in [0.05, 0.1) is 5.75 Å². The zero-order valence-electron chi connectivity index (χ0n) is 14.0. The number of rotatable bonds is 5. The van der Waals surface area contributed by atoms with Gasteiger partial charge in [-0.1, -0.05) is 6.42 Å². The summed E-state index contributed by atoms with van der Waals surface area (Å²) in [5, 5.41) is 2.93. The quantitative estimate of drug-likeness (QED) is 0.855. The van der Waals surface area contributed by atoms with Crippen LogP contribution in [0.4, 0.5) is 16.2 Å². The summed E-state index contributed by atoms with van der Waals surface area (Å²) < 4.78 is 25.6. The molecule has 2 N–H and O–H groups in total. The van der Waals surface area contributed by atoms with Crippen LogP contribution < -0.4 is 10.0 Å². The van der Waals surface area contributed by atoms with Gasteiger partial charge in [0.25, 0.3) is 0 Å². The second kappa shape index (κ2) is 7.01. The number of benzene rings is 1. The summed E-state index contributed by atoms with van der Waals surface area (Å²) in [6.45, 7) is 2.41. The summed E-state index contributed by atoms with van der Waals surface area (Å²) in [6, 6.07) is 7.10. The van der Waals surface area contributed by atoms with E-state index in [0.717, 1.165) is 19.4 Å². The number of likely N-dealkylation sites (tertiary alicyclic amines) is 1. The van der Waals surface area contributed by atoms with E-state index < -0.39 is 10.0 Å². The standard InChI is InChI=1S/C17H25N3O3S/c1-2-24(22,23)19-15-10-8-14(9-11-15)18-17(21)20-12-4-7-16(20)13-5-3-6-13/h8-11,13,16,19H,2-7,12H2,1H3,(H,18,21). The number of anilines is 2. The second-order valence-electron chi connectivity index (χ2n) is 6.61. The lowest BCUT2D eigenvalue weighted by Crippen LogP contribution is -2.44. The highest BCUT2D eigenvalue weighted by molar-refractivity contribution is 7.92. The minimum absolute atomic E-state index is 0.0308. The van der Waals surface area contributed by atoms with Crippen molar-refractivity contribution >= 4 is 27.4 Å². The van der Waals surface area contributed by atoms with Gasteiger partial charge in [0.1, 0.15) is 0 Å². The molecule has 6 nitrogen and oxygen atoms in total. The molecule has 24 heavy (non-hydrogen) atoms. The fraction of sp³-hybridized carbons (Fsp3) is 0.588. The van der Waals surface area contributed by atoms with E-state index in [1.54, 1.807) is 31.2 Å². The van der Waals surface area contributed by atoms with Crippen LogP contribution >= 0.6 is 0 Å². The van der Waals surface area contributed by atoms with E-state index in [4.69, 9.17) is 0 Å². The average molecular weight is 351 g/mol. The Bertz CT molecular complexity index is 684. The number of urea groups is 1. The van der Waals surface area contributed by atoms with Gasteiger partial charge in [-0.2, -0.15) is 0 Å². The molecule has 1 aromatic rings. The molecule has 1 saturated heterocycles. The zero-order chi connectivity index (χ0) is 17.2. The third kappa shape index (κ3) is 3.83. The normalized spacial score (nSPS) is 21.4. The van der Waals surface area contributed by atoms with Crippen LogP contribution in [0, 0.1) is 5.92 Å². The van der Waals surface area contributed by atoms with Crippen molar-refractivity contribution in [1.82, 2.24) is 4.90 Å². The summed E-state index contributed by atoms with van der Waals surface area (Å²) in [7, 11) is -3.28. The number of hydrogen-bond acceptors (Lipinski definition) is 3. The van der Waals surface area contributed by atoms with Gasteiger partial charge in [0.15, 0.2) is 0 Å². The Morgan fingerprint density at radius 2 is 1.79 bits per heavy atom. The molecule has 2 fully saturated rings. The number of carbonyl (C=O) groups is 1. The molecule has 1 aliphatic heterocycles. The first-order valence-corrected chi connectivity index (χ1v) is 10.3. The van der Waals surface area contributed by atoms with Crippen molar-refractivity contribution < 1.29 is 13.2 Å². The lowest BCUT2D eigenvalue weighted by Gasteiger charge is -2.36. The number of sulfonamides is 1. The van der Waals surface area contributed by atoms with Crippen molar-refractivity contribution in [2.45, 2.75) is 45.1 Å². The van der Waals surface area contributed by atoms with Gasteiger partial charge < -0.3 is 10.2 Å². The molecule has 1 atom stereocenters. The Labute approximate surface area is 143 Å². The van der Waals surface area contributed by atoms with Crippen molar-refractivity contribution in [2.75, 3.05) is 22.3 Å². The maximum absolute atomic E-state index is 12.5. The molecule has 132 valence electrons. The van der Waals surface area contributed by atoms with E-state index in [2.05, 4.69) is 10.0 Å². The van der Waals surface area contributed by atoms with Crippen molar-refractivity contribution in [2.24, 2.45) is 5.92 Å². The predicted molar refractivity (Wildman–Crippen MR) is 95.6 cm³/mol. The first kappa shape index (κ1) is 17.1. The van der Waals surface area contributed by atoms with Crippen molar-refractivity contribution in [3.8, 4) is 0 Å². The Kier molecular flexibility index (Phi) is 4.99. The van der Waals surface area contributed by atoms with E-state index in [1.165, 1.54) is 19.3 Å². The van der Waals surface area contributed by atoms with Gasteiger partial charge in [0.2, 0.25) is 10.0 Å². The lowest BCUT2D eigenvalue weighted by molar-refractivity contribution is 0.148. The molecular weight excluding hydrogens is 326 g/mol. The Morgan fingerprint density at radius 1 is 1.12 bits per heavy atom. The van der Waals surface area contributed by atoms with Crippen LogP contribution in [0.15, 0.2) is 24.3 Å². The van der Waals surface area contributed by atoms with Crippen LogP contribution in [0.2, 0.25) is 0 Å². The number of amides is 2. The van der Waals surface area contributed by atoms with Crippen LogP contribution in [-0.2, 0) is 10.0 Å². The first-order chi connectivity index (χ1) is 11.5. The minimum Gasteiger partial charge on any atom is -0.321 e. The predicted octanol–water partition coefficient (Wildman–Crippen LogP) is 3.24. The van der Waals surface area contributed by atoms with E-state index in [-0.39, 0.29) is 11.8 Å². The van der Waals surface area contributed by atoms with Crippen LogP contribution in [-0.4, -0.2) is 37.7 Å². The van der Waals surface area contributed by atoms with E-state index in [9.17, 15) is 13.2 Å². The minimum atomic E-state index is -3.28. The number of nitrogens with one attached hydrogen (secondary N) is 2. The molecule has 2 aliphatic rings. The fourth-order valence-electron chi connectivity index (χ4n) is 3.43. The van der Waals surface area contributed by atoms with Gasteiger partial charge in [-0.25, -0.2) is 13.2 Å². The molecule has 1 unspecified atom stereocenters. The van der Waals surface area contributed by atoms with Crippen molar-refractivity contribution in [3.05, 3.63) is 24.3 Å². The largest absolute Gasteiger partial charge is 0.322 e. The van der Waals surface area contributed by atoms with Crippen LogP contribution in [0.25, 0.3) is 0 Å². The van der Waals surface area contributed by atoms with Crippen LogP contribution in [0.3, 0.4) is 0 Å². The SMILES string of the molecule is CCS(=O)(=O)Nc1ccc(NC(=O)N2CCCC2C2CCC2)cc1. The molecule has 1 aliphatic carbocycles. The Balaban J connectivity index is 1.60. The molecule has 1 saturated carbocycles. The third-order valence-electron chi connectivity index (χ3n) is 5.04. The molecular formula is C17H25N3O3S. The third-order valence-corrected chi connectivity index (χ3v) is 6.35. The van der Waals surface area contributed by atoms with Gasteiger partial charge in [-0.05, 0) is 62.8 Å². The summed E-state index contributed by atoms with van der Waals surface area (Å²) in [5.74, 6) is 0.701. The average Bonchev–Trinajstić information content (AvgIpc) is 2.96. The Hall–Kier alpha value is -1.76. The smallest absolute Gasteiger partial charge is 0.321 e. The van der Waals surface area contributed by atoms with Gasteiger partial charge >= 0.3 is 6.03 Å².